The number of ether oxygens (including phenoxy) is 9. The molecule has 22 nitrogen and oxygen atoms in total. The second kappa shape index (κ2) is 17.1. The third-order valence-corrected chi connectivity index (χ3v) is 10.2. The number of aliphatic hydroxyl groups is 13. The Morgan fingerprint density at radius 3 is 1.21 bits per heavy atom. The third-order valence-electron chi connectivity index (χ3n) is 10.2. The maximum absolute atomic E-state index is 11.2. The highest BCUT2D eigenvalue weighted by molar-refractivity contribution is 4.97. The molecule has 0 unspecified atom stereocenters. The second-order valence-electron chi connectivity index (χ2n) is 13.9. The van der Waals surface area contributed by atoms with Crippen LogP contribution in [0.1, 0.15) is 27.7 Å². The van der Waals surface area contributed by atoms with Crippen molar-refractivity contribution in [3.63, 3.8) is 0 Å². The zero-order valence-electron chi connectivity index (χ0n) is 28.6. The van der Waals surface area contributed by atoms with Crippen LogP contribution in [0.2, 0.25) is 0 Å². The summed E-state index contributed by atoms with van der Waals surface area (Å²) in [6.45, 7) is 4.69. The largest absolute Gasteiger partial charge is 0.394 e. The molecule has 5 saturated heterocycles. The van der Waals surface area contributed by atoms with Crippen molar-refractivity contribution >= 4 is 0 Å². The Bertz CT molecular complexity index is 1140. The van der Waals surface area contributed by atoms with E-state index in [4.69, 9.17) is 42.6 Å². The molecule has 13 N–H and O–H groups in total. The van der Waals surface area contributed by atoms with Crippen molar-refractivity contribution in [2.75, 3.05) is 6.61 Å². The molecule has 0 spiro atoms. The van der Waals surface area contributed by atoms with Crippen LogP contribution in [0.3, 0.4) is 0 Å². The summed E-state index contributed by atoms with van der Waals surface area (Å²) in [6.07, 6.45) is -40.9. The van der Waals surface area contributed by atoms with E-state index in [0.717, 1.165) is 0 Å². The van der Waals surface area contributed by atoms with Crippen LogP contribution in [0.4, 0.5) is 0 Å². The first-order valence-electron chi connectivity index (χ1n) is 17.0. The SMILES string of the molecule is C[C@H]1O[C@H](O[C@@H]2[C@@H](O[C@@H]3[C@@H](O[C@H]4[C@H](O)[C@@H](C)O[C@H](O)[C@H]4O[C@H]4O[C@H](CO)[C@@H](O)[C@H](O)[C@H]4O)O[C@H](C)[C@@H](O)[C@@H]3O)O[C@H](C)[C@@H](O)[C@@H]2O)[C@@H](O)[C@@H](O)[C@@H]1O. The Labute approximate surface area is 297 Å². The van der Waals surface area contributed by atoms with Gasteiger partial charge in [-0.15, -0.1) is 0 Å². The molecule has 25 atom stereocenters. The standard InChI is InChI=1S/C30H52O22/c1-6-11(32)16(37)20(41)27(45-6)50-23-18(39)12(33)8(3)47-30(23)51-24-19(40)13(34)7(2)46-29(24)49-22-14(35)9(4)44-26(43)25(22)52-28-21(42)17(38)15(36)10(5-31)48-28/h6-43H,5H2,1-4H3/t6-,7-,8-,9-,10-,11-,12-,13-,14-,15-,16+,17+,18+,19+,20+,21-,22+,23+,24+,25+,26+,27-,28-,29-,30-/m1/s1. The molecular formula is C30H52O22. The lowest BCUT2D eigenvalue weighted by atomic mass is 9.96. The molecule has 5 aliphatic heterocycles. The quantitative estimate of drug-likeness (QED) is 0.104. The smallest absolute Gasteiger partial charge is 0.187 e. The molecule has 0 amide bonds. The number of rotatable bonds is 9. The van der Waals surface area contributed by atoms with Gasteiger partial charge in [0.2, 0.25) is 0 Å². The van der Waals surface area contributed by atoms with E-state index < -0.39 is 160 Å². The molecule has 0 saturated carbocycles. The van der Waals surface area contributed by atoms with Crippen LogP contribution in [-0.2, 0) is 42.6 Å². The average Bonchev–Trinajstić information content (AvgIpc) is 3.10. The molecule has 304 valence electrons. The summed E-state index contributed by atoms with van der Waals surface area (Å²) in [5.41, 5.74) is 0. The highest BCUT2D eigenvalue weighted by Crippen LogP contribution is 2.36. The molecule has 0 bridgehead atoms. The molecule has 0 aromatic heterocycles. The summed E-state index contributed by atoms with van der Waals surface area (Å²) in [4.78, 5) is 0. The lowest BCUT2D eigenvalue weighted by molar-refractivity contribution is -0.406. The summed E-state index contributed by atoms with van der Waals surface area (Å²) < 4.78 is 51.3. The van der Waals surface area contributed by atoms with Crippen molar-refractivity contribution in [3.8, 4) is 0 Å². The maximum atomic E-state index is 11.2. The van der Waals surface area contributed by atoms with Gasteiger partial charge in [0.15, 0.2) is 31.5 Å². The zero-order valence-corrected chi connectivity index (χ0v) is 28.6. The molecule has 0 radical (unpaired) electrons. The molecule has 5 aliphatic rings. The molecule has 0 aliphatic carbocycles. The van der Waals surface area contributed by atoms with Gasteiger partial charge in [0.25, 0.3) is 0 Å². The fourth-order valence-electron chi connectivity index (χ4n) is 6.74. The Balaban J connectivity index is 1.41. The van der Waals surface area contributed by atoms with Gasteiger partial charge < -0.3 is 109 Å². The van der Waals surface area contributed by atoms with Gasteiger partial charge in [-0.05, 0) is 27.7 Å². The first kappa shape index (κ1) is 42.3. The van der Waals surface area contributed by atoms with Crippen LogP contribution >= 0.6 is 0 Å². The van der Waals surface area contributed by atoms with Crippen molar-refractivity contribution in [3.05, 3.63) is 0 Å². The summed E-state index contributed by atoms with van der Waals surface area (Å²) >= 11 is 0. The van der Waals surface area contributed by atoms with Gasteiger partial charge in [-0.1, -0.05) is 0 Å². The Hall–Kier alpha value is -0.880. The summed E-state index contributed by atoms with van der Waals surface area (Å²) in [6, 6.07) is 0. The molecule has 22 heteroatoms. The lowest BCUT2D eigenvalue weighted by Crippen LogP contribution is -2.67. The van der Waals surface area contributed by atoms with Crippen molar-refractivity contribution in [2.24, 2.45) is 0 Å². The monoisotopic (exact) mass is 764 g/mol. The van der Waals surface area contributed by atoms with Gasteiger partial charge in [0.1, 0.15) is 97.7 Å². The summed E-state index contributed by atoms with van der Waals surface area (Å²) in [7, 11) is 0. The van der Waals surface area contributed by atoms with Crippen LogP contribution < -0.4 is 0 Å². The van der Waals surface area contributed by atoms with E-state index in [0.29, 0.717) is 0 Å². The van der Waals surface area contributed by atoms with E-state index in [9.17, 15) is 66.4 Å². The molecule has 52 heavy (non-hydrogen) atoms. The first-order chi connectivity index (χ1) is 24.4. The first-order valence-corrected chi connectivity index (χ1v) is 17.0. The van der Waals surface area contributed by atoms with Gasteiger partial charge in [-0.2, -0.15) is 0 Å². The van der Waals surface area contributed by atoms with Gasteiger partial charge >= 0.3 is 0 Å². The topological polar surface area (TPSA) is 346 Å². The number of hydrogen-bond acceptors (Lipinski definition) is 22. The highest BCUT2D eigenvalue weighted by Gasteiger charge is 2.56. The van der Waals surface area contributed by atoms with E-state index in [-0.39, 0.29) is 0 Å². The van der Waals surface area contributed by atoms with Crippen LogP contribution in [-0.4, -0.2) is 227 Å². The molecule has 5 heterocycles. The van der Waals surface area contributed by atoms with Crippen molar-refractivity contribution < 1.29 is 109 Å². The van der Waals surface area contributed by atoms with E-state index >= 15 is 0 Å². The van der Waals surface area contributed by atoms with E-state index in [1.807, 2.05) is 0 Å². The molecule has 5 rings (SSSR count). The second-order valence-corrected chi connectivity index (χ2v) is 13.9. The normalized spacial score (nSPS) is 56.4. The Morgan fingerprint density at radius 2 is 0.712 bits per heavy atom. The van der Waals surface area contributed by atoms with Crippen LogP contribution in [0.5, 0.6) is 0 Å². The molecular weight excluding hydrogens is 712 g/mol. The van der Waals surface area contributed by atoms with E-state index in [2.05, 4.69) is 0 Å². The number of hydrogen-bond donors (Lipinski definition) is 13. The predicted octanol–water partition coefficient (Wildman–Crippen LogP) is -7.81. The van der Waals surface area contributed by atoms with Crippen LogP contribution in [0, 0.1) is 0 Å². The van der Waals surface area contributed by atoms with Crippen molar-refractivity contribution in [1.82, 2.24) is 0 Å². The van der Waals surface area contributed by atoms with Gasteiger partial charge in [0.05, 0.1) is 31.0 Å². The Kier molecular flexibility index (Phi) is 13.9. The van der Waals surface area contributed by atoms with Crippen molar-refractivity contribution in [1.29, 1.82) is 0 Å². The van der Waals surface area contributed by atoms with Crippen LogP contribution in [0.15, 0.2) is 0 Å². The maximum Gasteiger partial charge on any atom is 0.187 e. The fourth-order valence-corrected chi connectivity index (χ4v) is 6.74. The lowest BCUT2D eigenvalue weighted by Gasteiger charge is -2.50. The summed E-state index contributed by atoms with van der Waals surface area (Å²) in [5.74, 6) is 0. The van der Waals surface area contributed by atoms with Gasteiger partial charge in [-0.3, -0.25) is 0 Å². The predicted molar refractivity (Wildman–Crippen MR) is 161 cm³/mol. The molecule has 5 fully saturated rings. The highest BCUT2D eigenvalue weighted by atomic mass is 16.8. The van der Waals surface area contributed by atoms with Crippen molar-refractivity contribution in [2.45, 2.75) is 181 Å². The number of aliphatic hydroxyl groups excluding tert-OH is 13. The zero-order chi connectivity index (χ0) is 38.5. The third kappa shape index (κ3) is 8.29. The average molecular weight is 765 g/mol. The van der Waals surface area contributed by atoms with Crippen LogP contribution in [0.25, 0.3) is 0 Å². The van der Waals surface area contributed by atoms with E-state index in [1.54, 1.807) is 0 Å². The van der Waals surface area contributed by atoms with Gasteiger partial charge in [0, 0.05) is 0 Å². The fraction of sp³-hybridized carbons (Fsp3) is 1.00. The van der Waals surface area contributed by atoms with Gasteiger partial charge in [-0.25, -0.2) is 0 Å². The minimum atomic E-state index is -1.93. The Morgan fingerprint density at radius 1 is 0.346 bits per heavy atom. The molecule has 0 aromatic carbocycles. The minimum Gasteiger partial charge on any atom is -0.394 e. The van der Waals surface area contributed by atoms with E-state index in [1.165, 1.54) is 27.7 Å². The minimum absolute atomic E-state index is 0.799. The summed E-state index contributed by atoms with van der Waals surface area (Å²) in [5, 5.41) is 137. The molecule has 0 aromatic rings.